The zero-order chi connectivity index (χ0) is 17.6. The Morgan fingerprint density at radius 2 is 1.96 bits per heavy atom. The molecule has 24 heavy (non-hydrogen) atoms. The van der Waals surface area contributed by atoms with E-state index in [4.69, 9.17) is 13.8 Å². The summed E-state index contributed by atoms with van der Waals surface area (Å²) in [6.45, 7) is 6.27. The molecule has 0 aliphatic carbocycles. The fourth-order valence-corrected chi connectivity index (χ4v) is 4.41. The number of fused-ring (bicyclic) bond motifs is 1. The van der Waals surface area contributed by atoms with Gasteiger partial charge in [0.2, 0.25) is 0 Å². The van der Waals surface area contributed by atoms with Crippen molar-refractivity contribution in [3.05, 3.63) is 30.5 Å². The van der Waals surface area contributed by atoms with Gasteiger partial charge in [0.15, 0.2) is 0 Å². The molecule has 2 aromatic rings. The van der Waals surface area contributed by atoms with E-state index in [1.165, 1.54) is 0 Å². The lowest BCUT2D eigenvalue weighted by atomic mass is 10.1. The Morgan fingerprint density at radius 3 is 2.58 bits per heavy atom. The molecule has 0 saturated carbocycles. The number of ether oxygens (including phenoxy) is 1. The molecule has 0 radical (unpaired) electrons. The molecule has 1 unspecified atom stereocenters. The SMILES string of the molecule is CCOP(=O)(CC(C)Nc1cc(OC)cc2cccnc12)OCC. The molecule has 1 atom stereocenters. The van der Waals surface area contributed by atoms with Crippen LogP contribution in [0.4, 0.5) is 5.69 Å². The number of aromatic nitrogens is 1. The van der Waals surface area contributed by atoms with Crippen molar-refractivity contribution in [2.24, 2.45) is 0 Å². The van der Waals surface area contributed by atoms with E-state index in [1.54, 1.807) is 13.3 Å². The molecule has 0 saturated heterocycles. The number of methoxy groups -OCH3 is 1. The summed E-state index contributed by atoms with van der Waals surface area (Å²) in [7, 11) is -1.48. The minimum absolute atomic E-state index is 0.119. The van der Waals surface area contributed by atoms with Gasteiger partial charge in [-0.1, -0.05) is 6.07 Å². The van der Waals surface area contributed by atoms with E-state index in [0.29, 0.717) is 13.2 Å². The predicted octanol–water partition coefficient (Wildman–Crippen LogP) is 4.31. The molecule has 1 N–H and O–H groups in total. The van der Waals surface area contributed by atoms with Gasteiger partial charge in [0, 0.05) is 23.7 Å². The second kappa shape index (κ2) is 8.47. The molecule has 7 heteroatoms. The molecule has 1 heterocycles. The van der Waals surface area contributed by atoms with E-state index >= 15 is 0 Å². The fourth-order valence-electron chi connectivity index (χ4n) is 2.58. The smallest absolute Gasteiger partial charge is 0.332 e. The summed E-state index contributed by atoms with van der Waals surface area (Å²) in [6, 6.07) is 7.56. The van der Waals surface area contributed by atoms with Crippen LogP contribution in [0.3, 0.4) is 0 Å². The van der Waals surface area contributed by atoms with Gasteiger partial charge in [0.1, 0.15) is 5.75 Å². The fraction of sp³-hybridized carbons (Fsp3) is 0.471. The number of rotatable bonds is 9. The van der Waals surface area contributed by atoms with Crippen molar-refractivity contribution in [1.82, 2.24) is 4.98 Å². The van der Waals surface area contributed by atoms with Gasteiger partial charge in [-0.25, -0.2) is 0 Å². The van der Waals surface area contributed by atoms with Gasteiger partial charge in [0.25, 0.3) is 0 Å². The van der Waals surface area contributed by atoms with Crippen LogP contribution < -0.4 is 10.1 Å². The summed E-state index contributed by atoms with van der Waals surface area (Å²) in [6.07, 6.45) is 2.02. The number of nitrogens with one attached hydrogen (secondary N) is 1. The molecule has 132 valence electrons. The third-order valence-corrected chi connectivity index (χ3v) is 5.76. The molecule has 0 bridgehead atoms. The molecule has 1 aromatic carbocycles. The normalized spacial score (nSPS) is 13.0. The first-order chi connectivity index (χ1) is 11.5. The van der Waals surface area contributed by atoms with Gasteiger partial charge in [-0.15, -0.1) is 0 Å². The average Bonchev–Trinajstić information content (AvgIpc) is 2.54. The monoisotopic (exact) mass is 352 g/mol. The van der Waals surface area contributed by atoms with Crippen LogP contribution in [0, 0.1) is 0 Å². The predicted molar refractivity (Wildman–Crippen MR) is 97.1 cm³/mol. The highest BCUT2D eigenvalue weighted by Gasteiger charge is 2.26. The maximum absolute atomic E-state index is 12.7. The van der Waals surface area contributed by atoms with Crippen LogP contribution in [0.15, 0.2) is 30.5 Å². The third kappa shape index (κ3) is 4.69. The zero-order valence-electron chi connectivity index (χ0n) is 14.6. The first-order valence-electron chi connectivity index (χ1n) is 8.08. The topological polar surface area (TPSA) is 69.7 Å². The Morgan fingerprint density at radius 1 is 1.25 bits per heavy atom. The minimum Gasteiger partial charge on any atom is -0.497 e. The molecule has 2 rings (SSSR count). The first-order valence-corrected chi connectivity index (χ1v) is 9.81. The van der Waals surface area contributed by atoms with Crippen molar-refractivity contribution in [3.8, 4) is 5.75 Å². The first kappa shape index (κ1) is 18.7. The van der Waals surface area contributed by atoms with E-state index in [1.807, 2.05) is 45.0 Å². The van der Waals surface area contributed by atoms with E-state index in [9.17, 15) is 4.57 Å². The highest BCUT2D eigenvalue weighted by atomic mass is 31.2. The number of pyridine rings is 1. The zero-order valence-corrected chi connectivity index (χ0v) is 15.5. The van der Waals surface area contributed by atoms with Crippen LogP contribution in [-0.2, 0) is 13.6 Å². The van der Waals surface area contributed by atoms with Crippen LogP contribution in [0.1, 0.15) is 20.8 Å². The maximum atomic E-state index is 12.7. The molecule has 0 aliphatic rings. The second-order valence-electron chi connectivity index (χ2n) is 5.42. The van der Waals surface area contributed by atoms with Crippen molar-refractivity contribution < 1.29 is 18.3 Å². The summed E-state index contributed by atoms with van der Waals surface area (Å²) in [5.41, 5.74) is 1.67. The van der Waals surface area contributed by atoms with Crippen molar-refractivity contribution in [3.63, 3.8) is 0 Å². The highest BCUT2D eigenvalue weighted by molar-refractivity contribution is 7.53. The number of nitrogens with zero attached hydrogens (tertiary/aromatic N) is 1. The lowest BCUT2D eigenvalue weighted by molar-refractivity contribution is 0.219. The van der Waals surface area contributed by atoms with E-state index < -0.39 is 7.60 Å². The van der Waals surface area contributed by atoms with Gasteiger partial charge < -0.3 is 19.1 Å². The van der Waals surface area contributed by atoms with E-state index in [0.717, 1.165) is 22.3 Å². The van der Waals surface area contributed by atoms with Gasteiger partial charge >= 0.3 is 7.60 Å². The number of hydrogen-bond acceptors (Lipinski definition) is 6. The molecule has 1 aromatic heterocycles. The molecule has 0 aliphatic heterocycles. The molecule has 0 fully saturated rings. The Balaban J connectivity index is 2.23. The van der Waals surface area contributed by atoms with Crippen molar-refractivity contribution >= 4 is 24.2 Å². The summed E-state index contributed by atoms with van der Waals surface area (Å²) in [5, 5.41) is 4.33. The Kier molecular flexibility index (Phi) is 6.60. The van der Waals surface area contributed by atoms with Crippen molar-refractivity contribution in [2.75, 3.05) is 31.8 Å². The van der Waals surface area contributed by atoms with Gasteiger partial charge in [0.05, 0.1) is 37.7 Å². The lowest BCUT2D eigenvalue weighted by Crippen LogP contribution is -2.21. The highest BCUT2D eigenvalue weighted by Crippen LogP contribution is 2.48. The quantitative estimate of drug-likeness (QED) is 0.678. The van der Waals surface area contributed by atoms with Crippen molar-refractivity contribution in [2.45, 2.75) is 26.8 Å². The summed E-state index contributed by atoms with van der Waals surface area (Å²) >= 11 is 0. The minimum atomic E-state index is -3.11. The van der Waals surface area contributed by atoms with Crippen LogP contribution >= 0.6 is 7.60 Å². The molecule has 6 nitrogen and oxygen atoms in total. The summed E-state index contributed by atoms with van der Waals surface area (Å²) < 4.78 is 28.8. The van der Waals surface area contributed by atoms with Crippen molar-refractivity contribution in [1.29, 1.82) is 0 Å². The average molecular weight is 352 g/mol. The number of anilines is 1. The number of benzene rings is 1. The largest absolute Gasteiger partial charge is 0.497 e. The van der Waals surface area contributed by atoms with Crippen LogP contribution in [0.25, 0.3) is 10.9 Å². The summed E-state index contributed by atoms with van der Waals surface area (Å²) in [5.74, 6) is 0.739. The second-order valence-corrected chi connectivity index (χ2v) is 7.53. The van der Waals surface area contributed by atoms with Crippen LogP contribution in [-0.4, -0.2) is 37.5 Å². The molecular formula is C17H25N2O4P. The molecular weight excluding hydrogens is 327 g/mol. The number of hydrogen-bond donors (Lipinski definition) is 1. The van der Waals surface area contributed by atoms with Gasteiger partial charge in [-0.05, 0) is 32.9 Å². The van der Waals surface area contributed by atoms with E-state index in [2.05, 4.69) is 10.3 Å². The summed E-state index contributed by atoms with van der Waals surface area (Å²) in [4.78, 5) is 4.43. The lowest BCUT2D eigenvalue weighted by Gasteiger charge is -2.22. The third-order valence-electron chi connectivity index (χ3n) is 3.47. The van der Waals surface area contributed by atoms with Crippen LogP contribution in [0.2, 0.25) is 0 Å². The van der Waals surface area contributed by atoms with E-state index in [-0.39, 0.29) is 12.2 Å². The standard InChI is InChI=1S/C17H25N2O4P/c1-5-22-24(20,23-6-2)12-13(3)19-16-11-15(21-4)10-14-8-7-9-18-17(14)16/h7-11,13,19H,5-6,12H2,1-4H3. The Hall–Kier alpha value is -1.62. The van der Waals surface area contributed by atoms with Crippen LogP contribution in [0.5, 0.6) is 5.75 Å². The van der Waals surface area contributed by atoms with Gasteiger partial charge in [-0.3, -0.25) is 9.55 Å². The Bertz CT molecular complexity index is 713. The molecule has 0 amide bonds. The van der Waals surface area contributed by atoms with Gasteiger partial charge in [-0.2, -0.15) is 0 Å². The Labute approximate surface area is 143 Å². The maximum Gasteiger partial charge on any atom is 0.332 e. The molecule has 0 spiro atoms.